The molecule has 0 N–H and O–H groups in total. The summed E-state index contributed by atoms with van der Waals surface area (Å²) in [4.78, 5) is 13.6. The summed E-state index contributed by atoms with van der Waals surface area (Å²) in [7, 11) is -4.03. The third-order valence-electron chi connectivity index (χ3n) is 4.94. The topological polar surface area (TPSA) is 57.7 Å². The maximum absolute atomic E-state index is 12.8. The van der Waals surface area contributed by atoms with Crippen LogP contribution in [0, 0.1) is 5.92 Å². The Morgan fingerprint density at radius 3 is 2.44 bits per heavy atom. The van der Waals surface area contributed by atoms with Crippen LogP contribution in [-0.4, -0.2) is 49.7 Å². The van der Waals surface area contributed by atoms with Gasteiger partial charge in [0.25, 0.3) is 0 Å². The first-order chi connectivity index (χ1) is 12.7. The first-order valence-electron chi connectivity index (χ1n) is 8.80. The molecule has 0 radical (unpaired) electrons. The molecular formula is C18H21F3N2O3S. The normalized spacial score (nSPS) is 21.6. The van der Waals surface area contributed by atoms with Crippen molar-refractivity contribution < 1.29 is 26.4 Å². The number of piperazine rings is 1. The zero-order chi connectivity index (χ0) is 19.7. The second kappa shape index (κ2) is 7.63. The summed E-state index contributed by atoms with van der Waals surface area (Å²) in [6.45, 7) is 0.635. The molecule has 1 fully saturated rings. The van der Waals surface area contributed by atoms with Crippen LogP contribution in [0.3, 0.4) is 0 Å². The van der Waals surface area contributed by atoms with Crippen LogP contribution >= 0.6 is 0 Å². The Labute approximate surface area is 156 Å². The lowest BCUT2D eigenvalue weighted by Gasteiger charge is -2.34. The Kier molecular flexibility index (Phi) is 5.62. The van der Waals surface area contributed by atoms with Crippen molar-refractivity contribution in [1.29, 1.82) is 0 Å². The number of amides is 1. The minimum Gasteiger partial charge on any atom is -0.340 e. The number of benzene rings is 1. The molecular weight excluding hydrogens is 381 g/mol. The van der Waals surface area contributed by atoms with Gasteiger partial charge >= 0.3 is 6.18 Å². The van der Waals surface area contributed by atoms with Gasteiger partial charge in [0.2, 0.25) is 15.9 Å². The molecule has 1 amide bonds. The zero-order valence-electron chi connectivity index (χ0n) is 14.7. The van der Waals surface area contributed by atoms with Gasteiger partial charge in [0.15, 0.2) is 0 Å². The van der Waals surface area contributed by atoms with E-state index in [-0.39, 0.29) is 42.9 Å². The van der Waals surface area contributed by atoms with Gasteiger partial charge in [-0.1, -0.05) is 18.2 Å². The first kappa shape index (κ1) is 19.9. The van der Waals surface area contributed by atoms with Gasteiger partial charge in [-0.2, -0.15) is 17.5 Å². The molecule has 0 aromatic heterocycles. The second-order valence-electron chi connectivity index (χ2n) is 6.78. The summed E-state index contributed by atoms with van der Waals surface area (Å²) in [5, 5.41) is 0. The van der Waals surface area contributed by atoms with E-state index < -0.39 is 21.8 Å². The summed E-state index contributed by atoms with van der Waals surface area (Å²) >= 11 is 0. The molecule has 1 unspecified atom stereocenters. The van der Waals surface area contributed by atoms with Gasteiger partial charge in [0, 0.05) is 32.6 Å². The molecule has 1 aliphatic carbocycles. The molecule has 148 valence electrons. The number of sulfonamides is 1. The lowest BCUT2D eigenvalue weighted by Crippen LogP contribution is -2.50. The van der Waals surface area contributed by atoms with Gasteiger partial charge in [-0.25, -0.2) is 8.42 Å². The van der Waals surface area contributed by atoms with Gasteiger partial charge in [0.1, 0.15) is 0 Å². The van der Waals surface area contributed by atoms with Gasteiger partial charge in [-0.3, -0.25) is 4.79 Å². The number of carbonyl (C=O) groups is 1. The van der Waals surface area contributed by atoms with Crippen molar-refractivity contribution in [2.24, 2.45) is 5.92 Å². The lowest BCUT2D eigenvalue weighted by atomic mass is 10.0. The van der Waals surface area contributed by atoms with Crippen molar-refractivity contribution in [2.75, 3.05) is 26.2 Å². The minimum atomic E-state index is -4.61. The largest absolute Gasteiger partial charge is 0.416 e. The number of nitrogens with zero attached hydrogens (tertiary/aromatic N) is 2. The molecule has 0 saturated carbocycles. The Balaban J connectivity index is 1.64. The fourth-order valence-corrected chi connectivity index (χ4v) is 4.85. The van der Waals surface area contributed by atoms with Crippen LogP contribution in [0.15, 0.2) is 41.3 Å². The van der Waals surface area contributed by atoms with E-state index in [0.717, 1.165) is 35.3 Å². The molecule has 27 heavy (non-hydrogen) atoms. The van der Waals surface area contributed by atoms with Crippen LogP contribution < -0.4 is 0 Å². The average molecular weight is 402 g/mol. The molecule has 0 bridgehead atoms. The van der Waals surface area contributed by atoms with Crippen LogP contribution in [0.25, 0.3) is 0 Å². The number of halogens is 3. The molecule has 1 aliphatic heterocycles. The van der Waals surface area contributed by atoms with E-state index in [1.165, 1.54) is 0 Å². The van der Waals surface area contributed by atoms with Crippen molar-refractivity contribution in [3.63, 3.8) is 0 Å². The molecule has 1 heterocycles. The van der Waals surface area contributed by atoms with E-state index >= 15 is 0 Å². The van der Waals surface area contributed by atoms with E-state index in [1.54, 1.807) is 4.90 Å². The predicted octanol–water partition coefficient (Wildman–Crippen LogP) is 2.89. The number of rotatable bonds is 4. The van der Waals surface area contributed by atoms with E-state index in [9.17, 15) is 26.4 Å². The van der Waals surface area contributed by atoms with Crippen LogP contribution in [0.5, 0.6) is 0 Å². The highest BCUT2D eigenvalue weighted by Crippen LogP contribution is 2.31. The quantitative estimate of drug-likeness (QED) is 0.728. The van der Waals surface area contributed by atoms with Crippen molar-refractivity contribution in [2.45, 2.75) is 30.3 Å². The Morgan fingerprint density at radius 1 is 1.15 bits per heavy atom. The van der Waals surface area contributed by atoms with Crippen LogP contribution in [0.1, 0.15) is 24.8 Å². The molecule has 3 rings (SSSR count). The van der Waals surface area contributed by atoms with Crippen molar-refractivity contribution >= 4 is 15.9 Å². The molecule has 1 atom stereocenters. The number of alkyl halides is 3. The van der Waals surface area contributed by atoms with Crippen molar-refractivity contribution in [1.82, 2.24) is 9.21 Å². The summed E-state index contributed by atoms with van der Waals surface area (Å²) in [6, 6.07) is 3.74. The zero-order valence-corrected chi connectivity index (χ0v) is 15.5. The molecule has 9 heteroatoms. The highest BCUT2D eigenvalue weighted by atomic mass is 32.2. The fourth-order valence-electron chi connectivity index (χ4n) is 3.38. The molecule has 5 nitrogen and oxygen atoms in total. The fraction of sp³-hybridized carbons (Fsp3) is 0.500. The molecule has 1 aromatic carbocycles. The van der Waals surface area contributed by atoms with Crippen molar-refractivity contribution in [3.05, 3.63) is 42.0 Å². The van der Waals surface area contributed by atoms with Crippen LogP contribution in [0.4, 0.5) is 13.2 Å². The van der Waals surface area contributed by atoms with E-state index in [4.69, 9.17) is 0 Å². The van der Waals surface area contributed by atoms with E-state index in [1.807, 2.05) is 6.08 Å². The maximum atomic E-state index is 12.8. The summed E-state index contributed by atoms with van der Waals surface area (Å²) in [5.74, 6) is 0.229. The van der Waals surface area contributed by atoms with Gasteiger partial charge in [-0.15, -0.1) is 0 Å². The maximum Gasteiger partial charge on any atom is 0.416 e. The van der Waals surface area contributed by atoms with E-state index in [0.29, 0.717) is 12.5 Å². The minimum absolute atomic E-state index is 0.0114. The Hall–Kier alpha value is -1.87. The monoisotopic (exact) mass is 402 g/mol. The summed E-state index contributed by atoms with van der Waals surface area (Å²) < 4.78 is 65.0. The SMILES string of the molecule is O=C(CC1C=CCC1)N1CCN(S(=O)(=O)c2cccc(C(F)(F)F)c2)CC1. The van der Waals surface area contributed by atoms with Gasteiger partial charge in [0.05, 0.1) is 10.5 Å². The van der Waals surface area contributed by atoms with Crippen molar-refractivity contribution in [3.8, 4) is 0 Å². The number of carbonyl (C=O) groups excluding carboxylic acids is 1. The van der Waals surface area contributed by atoms with Gasteiger partial charge < -0.3 is 4.90 Å². The third kappa shape index (κ3) is 4.52. The number of allylic oxidation sites excluding steroid dienone is 2. The average Bonchev–Trinajstić information content (AvgIpc) is 3.14. The summed E-state index contributed by atoms with van der Waals surface area (Å²) in [5.41, 5.74) is -0.998. The summed E-state index contributed by atoms with van der Waals surface area (Å²) in [6.07, 6.45) is 1.82. The van der Waals surface area contributed by atoms with Gasteiger partial charge in [-0.05, 0) is 37.0 Å². The number of hydrogen-bond donors (Lipinski definition) is 0. The first-order valence-corrected chi connectivity index (χ1v) is 10.2. The van der Waals surface area contributed by atoms with Crippen LogP contribution in [0.2, 0.25) is 0 Å². The molecule has 1 aromatic rings. The standard InChI is InChI=1S/C18H21F3N2O3S/c19-18(20,21)15-6-3-7-16(13-15)27(25,26)23-10-8-22(9-11-23)17(24)12-14-4-1-2-5-14/h1,3-4,6-7,13-14H,2,5,8-12H2. The lowest BCUT2D eigenvalue weighted by molar-refractivity contribution is -0.137. The third-order valence-corrected chi connectivity index (χ3v) is 6.83. The Morgan fingerprint density at radius 2 is 1.85 bits per heavy atom. The number of hydrogen-bond acceptors (Lipinski definition) is 3. The highest BCUT2D eigenvalue weighted by Gasteiger charge is 2.34. The molecule has 0 spiro atoms. The highest BCUT2D eigenvalue weighted by molar-refractivity contribution is 7.89. The molecule has 1 saturated heterocycles. The molecule has 2 aliphatic rings. The smallest absolute Gasteiger partial charge is 0.340 e. The van der Waals surface area contributed by atoms with E-state index in [2.05, 4.69) is 6.08 Å². The van der Waals surface area contributed by atoms with Crippen LogP contribution in [-0.2, 0) is 21.0 Å². The predicted molar refractivity (Wildman–Crippen MR) is 93.3 cm³/mol. The second-order valence-corrected chi connectivity index (χ2v) is 8.72. The Bertz CT molecular complexity index is 828.